The van der Waals surface area contributed by atoms with Crippen molar-refractivity contribution in [3.8, 4) is 0 Å². The summed E-state index contributed by atoms with van der Waals surface area (Å²) >= 11 is 0. The van der Waals surface area contributed by atoms with Gasteiger partial charge in [-0.05, 0) is 49.1 Å². The Morgan fingerprint density at radius 1 is 1.29 bits per heavy atom. The molecule has 3 nitrogen and oxygen atoms in total. The first kappa shape index (κ1) is 13.6. The van der Waals surface area contributed by atoms with E-state index >= 15 is 0 Å². The second-order valence-corrected chi connectivity index (χ2v) is 5.28. The van der Waals surface area contributed by atoms with Gasteiger partial charge in [0, 0.05) is 12.2 Å². The van der Waals surface area contributed by atoms with E-state index in [1.54, 1.807) is 12.1 Å². The summed E-state index contributed by atoms with van der Waals surface area (Å²) in [5.41, 5.74) is 4.01. The van der Waals surface area contributed by atoms with Gasteiger partial charge in [0.25, 0.3) is 5.91 Å². The van der Waals surface area contributed by atoms with Crippen LogP contribution in [-0.2, 0) is 6.42 Å². The molecule has 0 saturated heterocycles. The van der Waals surface area contributed by atoms with Crippen molar-refractivity contribution >= 4 is 17.3 Å². The highest BCUT2D eigenvalue weighted by molar-refractivity contribution is 6.08. The van der Waals surface area contributed by atoms with Crippen LogP contribution in [-0.4, -0.2) is 12.5 Å². The van der Waals surface area contributed by atoms with Crippen LogP contribution in [0.4, 0.5) is 15.8 Å². The van der Waals surface area contributed by atoms with Crippen molar-refractivity contribution in [2.75, 3.05) is 17.2 Å². The third-order valence-electron chi connectivity index (χ3n) is 3.77. The molecule has 0 atom stereocenters. The standard InChI is InChI=1S/C17H17FN2O/c1-11-7-8-13(18)10-15(11)20-17(21)14-6-2-4-12-5-3-9-19-16(12)14/h2,4,6-8,10,19H,3,5,9H2,1H3,(H,20,21). The number of benzene rings is 2. The number of amides is 1. The molecule has 0 saturated carbocycles. The Morgan fingerprint density at radius 3 is 3.00 bits per heavy atom. The van der Waals surface area contributed by atoms with Crippen LogP contribution < -0.4 is 10.6 Å². The van der Waals surface area contributed by atoms with Crippen molar-refractivity contribution in [2.45, 2.75) is 19.8 Å². The number of carbonyl (C=O) groups excluding carboxylic acids is 1. The van der Waals surface area contributed by atoms with Crippen LogP contribution in [0.25, 0.3) is 0 Å². The van der Waals surface area contributed by atoms with E-state index in [1.165, 1.54) is 12.1 Å². The summed E-state index contributed by atoms with van der Waals surface area (Å²) in [7, 11) is 0. The number of halogens is 1. The zero-order chi connectivity index (χ0) is 14.8. The summed E-state index contributed by atoms with van der Waals surface area (Å²) < 4.78 is 13.3. The molecule has 0 aliphatic carbocycles. The second-order valence-electron chi connectivity index (χ2n) is 5.28. The maximum atomic E-state index is 13.3. The maximum Gasteiger partial charge on any atom is 0.257 e. The van der Waals surface area contributed by atoms with Crippen LogP contribution in [0.5, 0.6) is 0 Å². The number of hydrogen-bond acceptors (Lipinski definition) is 2. The number of aryl methyl sites for hydroxylation is 2. The van der Waals surface area contributed by atoms with Crippen LogP contribution >= 0.6 is 0 Å². The van der Waals surface area contributed by atoms with Gasteiger partial charge in [-0.3, -0.25) is 4.79 Å². The fraction of sp³-hybridized carbons (Fsp3) is 0.235. The summed E-state index contributed by atoms with van der Waals surface area (Å²) in [6.07, 6.45) is 2.05. The fourth-order valence-corrected chi connectivity index (χ4v) is 2.62. The first-order chi connectivity index (χ1) is 10.1. The molecule has 2 aromatic rings. The summed E-state index contributed by atoms with van der Waals surface area (Å²) in [4.78, 5) is 12.5. The molecule has 4 heteroatoms. The monoisotopic (exact) mass is 284 g/mol. The topological polar surface area (TPSA) is 41.1 Å². The normalized spacial score (nSPS) is 13.2. The molecule has 3 rings (SSSR count). The van der Waals surface area contributed by atoms with E-state index in [4.69, 9.17) is 0 Å². The summed E-state index contributed by atoms with van der Waals surface area (Å²) in [6.45, 7) is 2.71. The summed E-state index contributed by atoms with van der Waals surface area (Å²) in [6, 6.07) is 10.1. The molecule has 0 aromatic heterocycles. The van der Waals surface area contributed by atoms with Gasteiger partial charge in [0.1, 0.15) is 5.82 Å². The first-order valence-corrected chi connectivity index (χ1v) is 7.08. The van der Waals surface area contributed by atoms with E-state index in [2.05, 4.69) is 10.6 Å². The van der Waals surface area contributed by atoms with Crippen molar-refractivity contribution in [1.82, 2.24) is 0 Å². The highest BCUT2D eigenvalue weighted by Gasteiger charge is 2.17. The Labute approximate surface area is 123 Å². The van der Waals surface area contributed by atoms with Crippen molar-refractivity contribution in [2.24, 2.45) is 0 Å². The van der Waals surface area contributed by atoms with E-state index in [0.717, 1.165) is 36.2 Å². The Bertz CT molecular complexity index is 697. The van der Waals surface area contributed by atoms with Gasteiger partial charge >= 0.3 is 0 Å². The van der Waals surface area contributed by atoms with Crippen LogP contribution in [0.15, 0.2) is 36.4 Å². The minimum absolute atomic E-state index is 0.213. The maximum absolute atomic E-state index is 13.3. The molecule has 1 heterocycles. The highest BCUT2D eigenvalue weighted by atomic mass is 19.1. The van der Waals surface area contributed by atoms with Crippen LogP contribution in [0, 0.1) is 12.7 Å². The van der Waals surface area contributed by atoms with Crippen molar-refractivity contribution < 1.29 is 9.18 Å². The van der Waals surface area contributed by atoms with E-state index < -0.39 is 0 Å². The lowest BCUT2D eigenvalue weighted by Crippen LogP contribution is -2.19. The molecule has 2 aromatic carbocycles. The van der Waals surface area contributed by atoms with E-state index in [0.29, 0.717) is 11.3 Å². The van der Waals surface area contributed by atoms with Gasteiger partial charge < -0.3 is 10.6 Å². The molecule has 108 valence electrons. The molecule has 0 spiro atoms. The minimum atomic E-state index is -0.357. The largest absolute Gasteiger partial charge is 0.384 e. The lowest BCUT2D eigenvalue weighted by molar-refractivity contribution is 0.102. The predicted molar refractivity (Wildman–Crippen MR) is 82.3 cm³/mol. The van der Waals surface area contributed by atoms with E-state index in [1.807, 2.05) is 19.1 Å². The average Bonchev–Trinajstić information content (AvgIpc) is 2.50. The van der Waals surface area contributed by atoms with Gasteiger partial charge in [0.15, 0.2) is 0 Å². The Morgan fingerprint density at radius 2 is 2.14 bits per heavy atom. The molecule has 0 radical (unpaired) electrons. The van der Waals surface area contributed by atoms with Gasteiger partial charge in [0.05, 0.1) is 11.3 Å². The molecule has 1 aliphatic rings. The third kappa shape index (κ3) is 2.75. The number of carbonyl (C=O) groups is 1. The Hall–Kier alpha value is -2.36. The molecule has 1 aliphatic heterocycles. The summed E-state index contributed by atoms with van der Waals surface area (Å²) in [5.74, 6) is -0.570. The smallest absolute Gasteiger partial charge is 0.257 e. The zero-order valence-electron chi connectivity index (χ0n) is 11.9. The van der Waals surface area contributed by atoms with E-state index in [9.17, 15) is 9.18 Å². The molecule has 2 N–H and O–H groups in total. The van der Waals surface area contributed by atoms with Crippen LogP contribution in [0.3, 0.4) is 0 Å². The Balaban J connectivity index is 1.91. The lowest BCUT2D eigenvalue weighted by Gasteiger charge is -2.21. The quantitative estimate of drug-likeness (QED) is 0.882. The lowest BCUT2D eigenvalue weighted by atomic mass is 9.99. The number of fused-ring (bicyclic) bond motifs is 1. The van der Waals surface area contributed by atoms with Gasteiger partial charge in [-0.2, -0.15) is 0 Å². The minimum Gasteiger partial charge on any atom is -0.384 e. The first-order valence-electron chi connectivity index (χ1n) is 7.08. The summed E-state index contributed by atoms with van der Waals surface area (Å²) in [5, 5.41) is 6.09. The van der Waals surface area contributed by atoms with Gasteiger partial charge in [0.2, 0.25) is 0 Å². The second kappa shape index (κ2) is 5.56. The number of para-hydroxylation sites is 1. The predicted octanol–water partition coefficient (Wildman–Crippen LogP) is 3.74. The number of nitrogens with one attached hydrogen (secondary N) is 2. The third-order valence-corrected chi connectivity index (χ3v) is 3.77. The van der Waals surface area contributed by atoms with Gasteiger partial charge in [-0.1, -0.05) is 18.2 Å². The van der Waals surface area contributed by atoms with Crippen molar-refractivity contribution in [1.29, 1.82) is 0 Å². The van der Waals surface area contributed by atoms with Crippen molar-refractivity contribution in [3.63, 3.8) is 0 Å². The molecule has 0 fully saturated rings. The molecular formula is C17H17FN2O. The van der Waals surface area contributed by atoms with Crippen LogP contribution in [0.1, 0.15) is 27.9 Å². The Kier molecular flexibility index (Phi) is 3.60. The molecular weight excluding hydrogens is 267 g/mol. The number of rotatable bonds is 2. The number of hydrogen-bond donors (Lipinski definition) is 2. The molecule has 21 heavy (non-hydrogen) atoms. The highest BCUT2D eigenvalue weighted by Crippen LogP contribution is 2.27. The van der Waals surface area contributed by atoms with Gasteiger partial charge in [-0.15, -0.1) is 0 Å². The fourth-order valence-electron chi connectivity index (χ4n) is 2.62. The molecule has 0 unspecified atom stereocenters. The van der Waals surface area contributed by atoms with Crippen molar-refractivity contribution in [3.05, 3.63) is 58.9 Å². The molecule has 1 amide bonds. The average molecular weight is 284 g/mol. The SMILES string of the molecule is Cc1ccc(F)cc1NC(=O)c1cccc2c1NCCC2. The van der Waals surface area contributed by atoms with Gasteiger partial charge in [-0.25, -0.2) is 4.39 Å². The molecule has 0 bridgehead atoms. The van der Waals surface area contributed by atoms with E-state index in [-0.39, 0.29) is 11.7 Å². The van der Waals surface area contributed by atoms with Crippen LogP contribution in [0.2, 0.25) is 0 Å². The number of anilines is 2. The zero-order valence-corrected chi connectivity index (χ0v) is 11.9.